The van der Waals surface area contributed by atoms with E-state index in [1.54, 1.807) is 12.1 Å². The lowest BCUT2D eigenvalue weighted by Gasteiger charge is -2.09. The van der Waals surface area contributed by atoms with Crippen molar-refractivity contribution < 1.29 is 35.9 Å². The number of anilines is 1. The van der Waals surface area contributed by atoms with Gasteiger partial charge in [-0.25, -0.2) is 4.98 Å². The molecule has 0 bridgehead atoms. The number of aromatic nitrogens is 1. The fourth-order valence-electron chi connectivity index (χ4n) is 3.03. The lowest BCUT2D eigenvalue weighted by atomic mass is 10.0. The van der Waals surface area contributed by atoms with Crippen LogP contribution in [0.2, 0.25) is 0 Å². The number of furan rings is 1. The van der Waals surface area contributed by atoms with E-state index in [9.17, 15) is 26.7 Å². The number of rotatable bonds is 4. The van der Waals surface area contributed by atoms with Crippen molar-refractivity contribution in [1.29, 1.82) is 0 Å². The van der Waals surface area contributed by atoms with E-state index in [2.05, 4.69) is 15.0 Å². The Kier molecular flexibility index (Phi) is 4.76. The average Bonchev–Trinajstić information content (AvgIpc) is 3.07. The molecule has 10 heteroatoms. The summed E-state index contributed by atoms with van der Waals surface area (Å²) in [4.78, 5) is 16.7. The van der Waals surface area contributed by atoms with Gasteiger partial charge < -0.3 is 14.5 Å². The summed E-state index contributed by atoms with van der Waals surface area (Å²) in [6.45, 7) is -3.19. The molecule has 0 atom stereocenters. The predicted molar refractivity (Wildman–Crippen MR) is 97.5 cm³/mol. The maximum atomic E-state index is 13.2. The van der Waals surface area contributed by atoms with Crippen LogP contribution in [-0.4, -0.2) is 17.5 Å². The molecule has 5 nitrogen and oxygen atoms in total. The molecule has 30 heavy (non-hydrogen) atoms. The first-order chi connectivity index (χ1) is 14.2. The summed E-state index contributed by atoms with van der Waals surface area (Å²) in [5.41, 5.74) is -1.35. The van der Waals surface area contributed by atoms with Crippen LogP contribution in [0.1, 0.15) is 15.9 Å². The Morgan fingerprint density at radius 2 is 1.90 bits per heavy atom. The molecule has 0 radical (unpaired) electrons. The van der Waals surface area contributed by atoms with Crippen molar-refractivity contribution in [2.45, 2.75) is 12.8 Å². The van der Waals surface area contributed by atoms with E-state index in [0.717, 1.165) is 24.3 Å². The summed E-state index contributed by atoms with van der Waals surface area (Å²) in [5.74, 6) is -0.908. The minimum absolute atomic E-state index is 0.0183. The van der Waals surface area contributed by atoms with Crippen molar-refractivity contribution in [2.75, 3.05) is 5.32 Å². The molecule has 0 aliphatic heterocycles. The minimum Gasteiger partial charge on any atom is -0.452 e. The Hall–Kier alpha value is -3.69. The number of alkyl halides is 5. The van der Waals surface area contributed by atoms with Crippen LogP contribution >= 0.6 is 0 Å². The standard InChI is InChI=1S/C20H11F5N2O3/c21-19(22)30-14-7-5-11(18(28)27-15-3-1-2-8-26-15)16-12-9-10(20(23,24)25)4-6-13(12)29-17(14)16/h1-9,19H,(H,26,27,28). The lowest BCUT2D eigenvalue weighted by molar-refractivity contribution is -0.137. The van der Waals surface area contributed by atoms with Crippen molar-refractivity contribution in [3.8, 4) is 5.75 Å². The number of nitrogens with one attached hydrogen (secondary N) is 1. The van der Waals surface area contributed by atoms with Crippen LogP contribution in [0.4, 0.5) is 27.8 Å². The predicted octanol–water partition coefficient (Wildman–Crippen LogP) is 5.85. The third-order valence-corrected chi connectivity index (χ3v) is 4.28. The van der Waals surface area contributed by atoms with E-state index in [1.807, 2.05) is 0 Å². The highest BCUT2D eigenvalue weighted by Gasteiger charge is 2.32. The van der Waals surface area contributed by atoms with Gasteiger partial charge in [-0.2, -0.15) is 22.0 Å². The Bertz CT molecular complexity index is 1240. The molecule has 4 aromatic rings. The second kappa shape index (κ2) is 7.29. The van der Waals surface area contributed by atoms with Gasteiger partial charge in [0.1, 0.15) is 11.4 Å². The van der Waals surface area contributed by atoms with Crippen LogP contribution in [0.15, 0.2) is 59.1 Å². The highest BCUT2D eigenvalue weighted by Crippen LogP contribution is 2.40. The summed E-state index contributed by atoms with van der Waals surface area (Å²) < 4.78 is 75.0. The van der Waals surface area contributed by atoms with Crippen molar-refractivity contribution >= 4 is 33.7 Å². The molecule has 154 valence electrons. The number of carbonyl (C=O) groups excluding carboxylic acids is 1. The zero-order valence-corrected chi connectivity index (χ0v) is 14.8. The second-order valence-corrected chi connectivity index (χ2v) is 6.17. The zero-order chi connectivity index (χ0) is 21.5. The summed E-state index contributed by atoms with van der Waals surface area (Å²) in [6.07, 6.45) is -3.21. The fourth-order valence-corrected chi connectivity index (χ4v) is 3.03. The van der Waals surface area contributed by atoms with E-state index < -0.39 is 30.0 Å². The number of hydrogen-bond acceptors (Lipinski definition) is 4. The molecule has 2 aromatic heterocycles. The van der Waals surface area contributed by atoms with E-state index >= 15 is 0 Å². The molecule has 0 spiro atoms. The van der Waals surface area contributed by atoms with Crippen LogP contribution < -0.4 is 10.1 Å². The Morgan fingerprint density at radius 1 is 1.10 bits per heavy atom. The molecule has 4 rings (SSSR count). The first kappa shape index (κ1) is 19.6. The second-order valence-electron chi connectivity index (χ2n) is 6.17. The maximum Gasteiger partial charge on any atom is 0.416 e. The third-order valence-electron chi connectivity index (χ3n) is 4.28. The van der Waals surface area contributed by atoms with Gasteiger partial charge >= 0.3 is 12.8 Å². The van der Waals surface area contributed by atoms with Gasteiger partial charge in [0.15, 0.2) is 11.3 Å². The number of pyridine rings is 1. The number of carbonyl (C=O) groups is 1. The number of amides is 1. The number of hydrogen-bond donors (Lipinski definition) is 1. The van der Waals surface area contributed by atoms with Gasteiger partial charge in [0.25, 0.3) is 5.91 Å². The van der Waals surface area contributed by atoms with Gasteiger partial charge in [-0.15, -0.1) is 0 Å². The molecule has 2 heterocycles. The van der Waals surface area contributed by atoms with Gasteiger partial charge in [0.05, 0.1) is 11.1 Å². The topological polar surface area (TPSA) is 64.4 Å². The van der Waals surface area contributed by atoms with Crippen LogP contribution in [0.3, 0.4) is 0 Å². The monoisotopic (exact) mass is 422 g/mol. The fraction of sp³-hybridized carbons (Fsp3) is 0.100. The first-order valence-electron chi connectivity index (χ1n) is 8.47. The first-order valence-corrected chi connectivity index (χ1v) is 8.47. The molecule has 0 saturated carbocycles. The SMILES string of the molecule is O=C(Nc1ccccn1)c1ccc(OC(F)F)c2oc3ccc(C(F)(F)F)cc3c12. The molecule has 1 N–H and O–H groups in total. The van der Waals surface area contributed by atoms with Gasteiger partial charge in [0, 0.05) is 17.0 Å². The van der Waals surface area contributed by atoms with Crippen LogP contribution in [0, 0.1) is 0 Å². The summed E-state index contributed by atoms with van der Waals surface area (Å²) in [6, 6.07) is 9.69. The average molecular weight is 422 g/mol. The number of benzene rings is 2. The summed E-state index contributed by atoms with van der Waals surface area (Å²) >= 11 is 0. The molecule has 0 aliphatic rings. The molecule has 0 aliphatic carbocycles. The summed E-state index contributed by atoms with van der Waals surface area (Å²) in [7, 11) is 0. The highest BCUT2D eigenvalue weighted by atomic mass is 19.4. The maximum absolute atomic E-state index is 13.2. The molecule has 1 amide bonds. The van der Waals surface area contributed by atoms with Crippen LogP contribution in [-0.2, 0) is 6.18 Å². The van der Waals surface area contributed by atoms with Crippen LogP contribution in [0.5, 0.6) is 5.75 Å². The lowest BCUT2D eigenvalue weighted by Crippen LogP contribution is -2.13. The van der Waals surface area contributed by atoms with Crippen molar-refractivity contribution in [3.05, 3.63) is 65.9 Å². The van der Waals surface area contributed by atoms with Crippen LogP contribution in [0.25, 0.3) is 21.9 Å². The molecular formula is C20H11F5N2O3. The largest absolute Gasteiger partial charge is 0.452 e. The molecule has 0 unspecified atom stereocenters. The van der Waals surface area contributed by atoms with Crippen molar-refractivity contribution in [2.24, 2.45) is 0 Å². The Balaban J connectivity index is 1.93. The number of fused-ring (bicyclic) bond motifs is 3. The van der Waals surface area contributed by atoms with E-state index in [0.29, 0.717) is 0 Å². The van der Waals surface area contributed by atoms with E-state index in [1.165, 1.54) is 18.3 Å². The molecule has 0 saturated heterocycles. The number of nitrogens with zero attached hydrogens (tertiary/aromatic N) is 1. The van der Waals surface area contributed by atoms with E-state index in [4.69, 9.17) is 4.42 Å². The minimum atomic E-state index is -4.65. The molecule has 0 fully saturated rings. The molecular weight excluding hydrogens is 411 g/mol. The zero-order valence-electron chi connectivity index (χ0n) is 14.8. The van der Waals surface area contributed by atoms with Gasteiger partial charge in [-0.1, -0.05) is 6.07 Å². The van der Waals surface area contributed by atoms with Crippen molar-refractivity contribution in [3.63, 3.8) is 0 Å². The highest BCUT2D eigenvalue weighted by molar-refractivity contribution is 6.20. The number of ether oxygens (including phenoxy) is 1. The number of halogens is 5. The normalized spacial score (nSPS) is 11.9. The third kappa shape index (κ3) is 3.63. The summed E-state index contributed by atoms with van der Waals surface area (Å²) in [5, 5.41) is 2.36. The van der Waals surface area contributed by atoms with Gasteiger partial charge in [-0.3, -0.25) is 4.79 Å². The Labute approximate surface area is 165 Å². The van der Waals surface area contributed by atoms with Gasteiger partial charge in [-0.05, 0) is 42.5 Å². The van der Waals surface area contributed by atoms with E-state index in [-0.39, 0.29) is 33.3 Å². The van der Waals surface area contributed by atoms with Crippen molar-refractivity contribution in [1.82, 2.24) is 4.98 Å². The quantitative estimate of drug-likeness (QED) is 0.419. The Morgan fingerprint density at radius 3 is 2.57 bits per heavy atom. The van der Waals surface area contributed by atoms with Gasteiger partial charge in [0.2, 0.25) is 0 Å². The smallest absolute Gasteiger partial charge is 0.416 e. The molecule has 2 aromatic carbocycles.